The second-order valence-corrected chi connectivity index (χ2v) is 7.47. The van der Waals surface area contributed by atoms with Crippen molar-refractivity contribution < 1.29 is 8.42 Å². The summed E-state index contributed by atoms with van der Waals surface area (Å²) in [6.45, 7) is 0.552. The quantitative estimate of drug-likeness (QED) is 0.854. The van der Waals surface area contributed by atoms with Crippen molar-refractivity contribution >= 4 is 21.4 Å². The van der Waals surface area contributed by atoms with Gasteiger partial charge in [-0.3, -0.25) is 0 Å². The largest absolute Gasteiger partial charge is 0.330 e. The number of hydrogen-bond acceptors (Lipinski definition) is 4. The Kier molecular flexibility index (Phi) is 4.19. The van der Waals surface area contributed by atoms with Crippen LogP contribution in [0.5, 0.6) is 0 Å². The molecule has 1 aliphatic carbocycles. The standard InChI is InChI=1S/C11H18N2O2S2/c12-8-7-10-5-6-11(16-10)17(14,15)13-9-3-1-2-4-9/h5-6,9,13H,1-4,7-8,12H2. The van der Waals surface area contributed by atoms with Gasteiger partial charge in [0.25, 0.3) is 0 Å². The fourth-order valence-corrected chi connectivity index (χ4v) is 4.79. The van der Waals surface area contributed by atoms with Gasteiger partial charge in [0.1, 0.15) is 4.21 Å². The van der Waals surface area contributed by atoms with E-state index in [2.05, 4.69) is 4.72 Å². The van der Waals surface area contributed by atoms with E-state index in [1.165, 1.54) is 11.3 Å². The molecule has 1 aromatic heterocycles. The van der Waals surface area contributed by atoms with Gasteiger partial charge in [-0.15, -0.1) is 11.3 Å². The molecule has 0 unspecified atom stereocenters. The zero-order valence-electron chi connectivity index (χ0n) is 9.69. The van der Waals surface area contributed by atoms with Crippen molar-refractivity contribution in [2.24, 2.45) is 5.73 Å². The van der Waals surface area contributed by atoms with Gasteiger partial charge in [-0.05, 0) is 37.9 Å². The van der Waals surface area contributed by atoms with E-state index in [-0.39, 0.29) is 6.04 Å². The maximum atomic E-state index is 12.1. The van der Waals surface area contributed by atoms with Gasteiger partial charge in [0.15, 0.2) is 0 Å². The molecule has 96 valence electrons. The highest BCUT2D eigenvalue weighted by atomic mass is 32.2. The Morgan fingerprint density at radius 2 is 2.06 bits per heavy atom. The molecule has 1 heterocycles. The van der Waals surface area contributed by atoms with Crippen molar-refractivity contribution in [3.05, 3.63) is 17.0 Å². The SMILES string of the molecule is NCCc1ccc(S(=O)(=O)NC2CCCC2)s1. The zero-order chi connectivity index (χ0) is 12.3. The average Bonchev–Trinajstić information content (AvgIpc) is 2.88. The normalized spacial score (nSPS) is 17.7. The van der Waals surface area contributed by atoms with Crippen LogP contribution in [0.25, 0.3) is 0 Å². The molecular formula is C11H18N2O2S2. The Balaban J connectivity index is 2.07. The first kappa shape index (κ1) is 13.0. The van der Waals surface area contributed by atoms with Crippen molar-refractivity contribution in [2.75, 3.05) is 6.54 Å². The van der Waals surface area contributed by atoms with Crippen LogP contribution >= 0.6 is 11.3 Å². The minimum atomic E-state index is -3.31. The van der Waals surface area contributed by atoms with E-state index in [0.717, 1.165) is 37.0 Å². The molecule has 17 heavy (non-hydrogen) atoms. The Morgan fingerprint density at radius 1 is 1.35 bits per heavy atom. The van der Waals surface area contributed by atoms with Gasteiger partial charge in [0.2, 0.25) is 10.0 Å². The molecule has 1 aromatic rings. The summed E-state index contributed by atoms with van der Waals surface area (Å²) in [6.07, 6.45) is 4.90. The molecule has 0 amide bonds. The van der Waals surface area contributed by atoms with Crippen LogP contribution < -0.4 is 10.5 Å². The van der Waals surface area contributed by atoms with Crippen LogP contribution in [0.2, 0.25) is 0 Å². The number of sulfonamides is 1. The summed E-state index contributed by atoms with van der Waals surface area (Å²) in [7, 11) is -3.31. The zero-order valence-corrected chi connectivity index (χ0v) is 11.3. The Hall–Kier alpha value is -0.430. The van der Waals surface area contributed by atoms with Gasteiger partial charge >= 0.3 is 0 Å². The van der Waals surface area contributed by atoms with E-state index in [0.29, 0.717) is 10.8 Å². The van der Waals surface area contributed by atoms with Crippen molar-refractivity contribution in [2.45, 2.75) is 42.4 Å². The lowest BCUT2D eigenvalue weighted by Crippen LogP contribution is -2.32. The van der Waals surface area contributed by atoms with E-state index in [1.54, 1.807) is 6.07 Å². The fraction of sp³-hybridized carbons (Fsp3) is 0.636. The van der Waals surface area contributed by atoms with Gasteiger partial charge in [0, 0.05) is 10.9 Å². The molecule has 0 aromatic carbocycles. The number of hydrogen-bond donors (Lipinski definition) is 2. The summed E-state index contributed by atoms with van der Waals surface area (Å²) in [5, 5.41) is 0. The molecule has 0 radical (unpaired) electrons. The van der Waals surface area contributed by atoms with Crippen LogP contribution in [0.3, 0.4) is 0 Å². The second-order valence-electron chi connectivity index (χ2n) is 4.36. The van der Waals surface area contributed by atoms with E-state index in [4.69, 9.17) is 5.73 Å². The van der Waals surface area contributed by atoms with Gasteiger partial charge in [-0.25, -0.2) is 13.1 Å². The van der Waals surface area contributed by atoms with E-state index >= 15 is 0 Å². The van der Waals surface area contributed by atoms with Crippen LogP contribution in [0, 0.1) is 0 Å². The topological polar surface area (TPSA) is 72.2 Å². The molecule has 1 saturated carbocycles. The van der Waals surface area contributed by atoms with Crippen molar-refractivity contribution in [1.82, 2.24) is 4.72 Å². The lowest BCUT2D eigenvalue weighted by Gasteiger charge is -2.10. The van der Waals surface area contributed by atoms with Crippen molar-refractivity contribution in [1.29, 1.82) is 0 Å². The Bertz CT molecular complexity index is 462. The third-order valence-corrected chi connectivity index (χ3v) is 6.13. The molecule has 0 saturated heterocycles. The highest BCUT2D eigenvalue weighted by Gasteiger charge is 2.23. The lowest BCUT2D eigenvalue weighted by molar-refractivity contribution is 0.554. The summed E-state index contributed by atoms with van der Waals surface area (Å²) < 4.78 is 27.3. The molecule has 0 atom stereocenters. The van der Waals surface area contributed by atoms with Crippen molar-refractivity contribution in [3.8, 4) is 0 Å². The van der Waals surface area contributed by atoms with E-state index in [9.17, 15) is 8.42 Å². The molecular weight excluding hydrogens is 256 g/mol. The van der Waals surface area contributed by atoms with Crippen molar-refractivity contribution in [3.63, 3.8) is 0 Å². The molecule has 6 heteroatoms. The van der Waals surface area contributed by atoms with Crippen LogP contribution in [0.15, 0.2) is 16.3 Å². The first-order valence-corrected chi connectivity index (χ1v) is 8.23. The number of nitrogens with one attached hydrogen (secondary N) is 1. The third kappa shape index (κ3) is 3.28. The molecule has 0 bridgehead atoms. The van der Waals surface area contributed by atoms with Crippen LogP contribution in [0.4, 0.5) is 0 Å². The maximum absolute atomic E-state index is 12.1. The predicted octanol–water partition coefficient (Wildman–Crippen LogP) is 1.47. The van der Waals surface area contributed by atoms with Gasteiger partial charge in [0.05, 0.1) is 0 Å². The van der Waals surface area contributed by atoms with E-state index < -0.39 is 10.0 Å². The summed E-state index contributed by atoms with van der Waals surface area (Å²) >= 11 is 1.32. The Labute approximate surface area is 106 Å². The van der Waals surface area contributed by atoms with Crippen LogP contribution in [0.1, 0.15) is 30.6 Å². The van der Waals surface area contributed by atoms with Gasteiger partial charge in [-0.1, -0.05) is 12.8 Å². The van der Waals surface area contributed by atoms with Gasteiger partial charge in [-0.2, -0.15) is 0 Å². The smallest absolute Gasteiger partial charge is 0.250 e. The maximum Gasteiger partial charge on any atom is 0.250 e. The molecule has 3 N–H and O–H groups in total. The van der Waals surface area contributed by atoms with Gasteiger partial charge < -0.3 is 5.73 Å². The Morgan fingerprint density at radius 3 is 2.71 bits per heavy atom. The summed E-state index contributed by atoms with van der Waals surface area (Å²) in [5.74, 6) is 0. The first-order valence-electron chi connectivity index (χ1n) is 5.93. The van der Waals surface area contributed by atoms with Crippen LogP contribution in [-0.4, -0.2) is 21.0 Å². The first-order chi connectivity index (χ1) is 8.12. The monoisotopic (exact) mass is 274 g/mol. The molecule has 0 spiro atoms. The molecule has 2 rings (SSSR count). The number of nitrogens with two attached hydrogens (primary N) is 1. The summed E-state index contributed by atoms with van der Waals surface area (Å²) in [4.78, 5) is 1.03. The molecule has 4 nitrogen and oxygen atoms in total. The predicted molar refractivity (Wildman–Crippen MR) is 69.7 cm³/mol. The average molecular weight is 274 g/mol. The second kappa shape index (κ2) is 5.48. The summed E-state index contributed by atoms with van der Waals surface area (Å²) in [5.41, 5.74) is 5.45. The number of rotatable bonds is 5. The number of thiophene rings is 1. The fourth-order valence-electron chi connectivity index (χ4n) is 2.10. The van der Waals surface area contributed by atoms with Crippen LogP contribution in [-0.2, 0) is 16.4 Å². The minimum absolute atomic E-state index is 0.125. The molecule has 1 aliphatic rings. The molecule has 1 fully saturated rings. The van der Waals surface area contributed by atoms with E-state index in [1.807, 2.05) is 6.07 Å². The molecule has 0 aliphatic heterocycles. The lowest BCUT2D eigenvalue weighted by atomic mass is 10.3. The summed E-state index contributed by atoms with van der Waals surface area (Å²) in [6, 6.07) is 3.65. The highest BCUT2D eigenvalue weighted by molar-refractivity contribution is 7.91. The minimum Gasteiger partial charge on any atom is -0.330 e. The highest BCUT2D eigenvalue weighted by Crippen LogP contribution is 2.24. The third-order valence-electron chi connectivity index (χ3n) is 2.97.